The lowest BCUT2D eigenvalue weighted by molar-refractivity contribution is -0.143. The molecule has 0 spiro atoms. The van der Waals surface area contributed by atoms with E-state index in [-0.39, 0.29) is 11.9 Å². The third-order valence-corrected chi connectivity index (χ3v) is 1.57. The Labute approximate surface area is 73.0 Å². The molecule has 0 saturated heterocycles. The molecular formula is C9H16O3. The summed E-state index contributed by atoms with van der Waals surface area (Å²) in [6.45, 7) is 3.54. The van der Waals surface area contributed by atoms with Gasteiger partial charge in [-0.25, -0.2) is 0 Å². The van der Waals surface area contributed by atoms with Crippen molar-refractivity contribution in [3.05, 3.63) is 12.2 Å². The van der Waals surface area contributed by atoms with Gasteiger partial charge in [0.25, 0.3) is 0 Å². The number of carbonyl (C=O) groups is 1. The van der Waals surface area contributed by atoms with Crippen LogP contribution in [0.4, 0.5) is 0 Å². The highest BCUT2D eigenvalue weighted by Gasteiger charge is 2.12. The van der Waals surface area contributed by atoms with Crippen molar-refractivity contribution in [3.8, 4) is 0 Å². The molecule has 0 fully saturated rings. The van der Waals surface area contributed by atoms with Crippen LogP contribution in [0.25, 0.3) is 0 Å². The number of ether oxygens (including phenoxy) is 1. The van der Waals surface area contributed by atoms with Gasteiger partial charge >= 0.3 is 5.97 Å². The highest BCUT2D eigenvalue weighted by atomic mass is 16.5. The Balaban J connectivity index is 4.08. The number of carbonyl (C=O) groups excluding carboxylic acids is 1. The first-order valence-electron chi connectivity index (χ1n) is 4.06. The largest absolute Gasteiger partial charge is 0.469 e. The summed E-state index contributed by atoms with van der Waals surface area (Å²) in [7, 11) is 1.36. The molecule has 0 aliphatic carbocycles. The van der Waals surface area contributed by atoms with E-state index in [9.17, 15) is 4.79 Å². The number of esters is 1. The first-order valence-corrected chi connectivity index (χ1v) is 4.06. The fraction of sp³-hybridized carbons (Fsp3) is 0.667. The van der Waals surface area contributed by atoms with Gasteiger partial charge in [-0.05, 0) is 13.3 Å². The molecule has 0 heterocycles. The highest BCUT2D eigenvalue weighted by Crippen LogP contribution is 2.06. The fourth-order valence-corrected chi connectivity index (χ4v) is 0.828. The summed E-state index contributed by atoms with van der Waals surface area (Å²) in [5.41, 5.74) is 0. The Morgan fingerprint density at radius 2 is 2.17 bits per heavy atom. The number of methoxy groups -OCH3 is 1. The maximum Gasteiger partial charge on any atom is 0.312 e. The lowest BCUT2D eigenvalue weighted by Crippen LogP contribution is -2.13. The van der Waals surface area contributed by atoms with Crippen LogP contribution < -0.4 is 0 Å². The molecule has 1 N–H and O–H groups in total. The minimum atomic E-state index is -0.510. The molecule has 0 aliphatic heterocycles. The minimum Gasteiger partial charge on any atom is -0.469 e. The van der Waals surface area contributed by atoms with Gasteiger partial charge in [0.05, 0.1) is 19.1 Å². The van der Waals surface area contributed by atoms with E-state index in [1.165, 1.54) is 7.11 Å². The van der Waals surface area contributed by atoms with Gasteiger partial charge in [-0.3, -0.25) is 4.79 Å². The van der Waals surface area contributed by atoms with Crippen LogP contribution in [0.2, 0.25) is 0 Å². The molecular weight excluding hydrogens is 156 g/mol. The Morgan fingerprint density at radius 1 is 1.58 bits per heavy atom. The maximum atomic E-state index is 11.0. The summed E-state index contributed by atoms with van der Waals surface area (Å²) in [5, 5.41) is 8.91. The summed E-state index contributed by atoms with van der Waals surface area (Å²) in [6, 6.07) is 0. The van der Waals surface area contributed by atoms with Gasteiger partial charge < -0.3 is 9.84 Å². The van der Waals surface area contributed by atoms with E-state index >= 15 is 0 Å². The molecule has 2 atom stereocenters. The zero-order valence-corrected chi connectivity index (χ0v) is 7.78. The minimum absolute atomic E-state index is 0.232. The Morgan fingerprint density at radius 3 is 2.50 bits per heavy atom. The van der Waals surface area contributed by atoms with Gasteiger partial charge in [0.15, 0.2) is 0 Å². The Hall–Kier alpha value is -0.830. The molecule has 0 aromatic rings. The topological polar surface area (TPSA) is 46.5 Å². The van der Waals surface area contributed by atoms with Crippen LogP contribution in [0.15, 0.2) is 12.2 Å². The maximum absolute atomic E-state index is 11.0. The van der Waals surface area contributed by atoms with E-state index in [4.69, 9.17) is 5.11 Å². The van der Waals surface area contributed by atoms with Crippen LogP contribution in [0.3, 0.4) is 0 Å². The normalized spacial score (nSPS) is 16.0. The van der Waals surface area contributed by atoms with E-state index in [2.05, 4.69) is 4.74 Å². The van der Waals surface area contributed by atoms with E-state index in [0.717, 1.165) is 0 Å². The van der Waals surface area contributed by atoms with Gasteiger partial charge in [0, 0.05) is 0 Å². The van der Waals surface area contributed by atoms with Crippen molar-refractivity contribution in [3.63, 3.8) is 0 Å². The second kappa shape index (κ2) is 5.77. The van der Waals surface area contributed by atoms with Crippen molar-refractivity contribution in [2.45, 2.75) is 26.4 Å². The van der Waals surface area contributed by atoms with Gasteiger partial charge in [0.1, 0.15) is 0 Å². The van der Waals surface area contributed by atoms with Gasteiger partial charge in [-0.2, -0.15) is 0 Å². The quantitative estimate of drug-likeness (QED) is 0.510. The van der Waals surface area contributed by atoms with E-state index < -0.39 is 6.10 Å². The number of aliphatic hydroxyl groups excluding tert-OH is 1. The lowest BCUT2D eigenvalue weighted by Gasteiger charge is -2.06. The average molecular weight is 172 g/mol. The molecule has 70 valence electrons. The summed E-state index contributed by atoms with van der Waals surface area (Å²) in [6.07, 6.45) is 3.45. The van der Waals surface area contributed by atoms with Gasteiger partial charge in [0.2, 0.25) is 0 Å². The van der Waals surface area contributed by atoms with Crippen molar-refractivity contribution >= 4 is 5.97 Å². The molecule has 0 unspecified atom stereocenters. The second-order valence-corrected chi connectivity index (χ2v) is 2.66. The lowest BCUT2D eigenvalue weighted by atomic mass is 10.1. The fourth-order valence-electron chi connectivity index (χ4n) is 0.828. The van der Waals surface area contributed by atoms with Crippen molar-refractivity contribution in [2.75, 3.05) is 7.11 Å². The smallest absolute Gasteiger partial charge is 0.312 e. The van der Waals surface area contributed by atoms with E-state index in [0.29, 0.717) is 6.42 Å². The molecule has 0 aliphatic rings. The number of aliphatic hydroxyl groups is 1. The predicted octanol–water partition coefficient (Wildman–Crippen LogP) is 1.12. The molecule has 0 aromatic carbocycles. The van der Waals surface area contributed by atoms with E-state index in [1.54, 1.807) is 19.1 Å². The number of hydrogen-bond acceptors (Lipinski definition) is 3. The Bertz CT molecular complexity index is 161. The second-order valence-electron chi connectivity index (χ2n) is 2.66. The van der Waals surface area contributed by atoms with Gasteiger partial charge in [-0.1, -0.05) is 19.1 Å². The third kappa shape index (κ3) is 4.13. The molecule has 0 aromatic heterocycles. The highest BCUT2D eigenvalue weighted by molar-refractivity contribution is 5.74. The Kier molecular flexibility index (Phi) is 5.37. The summed E-state index contributed by atoms with van der Waals surface area (Å²) in [5.74, 6) is -0.487. The van der Waals surface area contributed by atoms with Gasteiger partial charge in [-0.15, -0.1) is 0 Å². The number of rotatable bonds is 4. The van der Waals surface area contributed by atoms with Crippen molar-refractivity contribution in [1.29, 1.82) is 0 Å². The van der Waals surface area contributed by atoms with Crippen LogP contribution >= 0.6 is 0 Å². The van der Waals surface area contributed by atoms with Crippen molar-refractivity contribution in [2.24, 2.45) is 5.92 Å². The third-order valence-electron chi connectivity index (χ3n) is 1.57. The standard InChI is InChI=1S/C9H16O3/c1-4-8(9(11)12-3)6-5-7(2)10/h5-8,10H,4H2,1-3H3/t7-,8+/m1/s1. The number of hydrogen-bond donors (Lipinski definition) is 1. The molecule has 12 heavy (non-hydrogen) atoms. The zero-order chi connectivity index (χ0) is 9.56. The molecule has 3 nitrogen and oxygen atoms in total. The molecule has 0 rings (SSSR count). The molecule has 0 saturated carbocycles. The van der Waals surface area contributed by atoms with E-state index in [1.807, 2.05) is 6.92 Å². The van der Waals surface area contributed by atoms with Crippen molar-refractivity contribution < 1.29 is 14.6 Å². The van der Waals surface area contributed by atoms with Crippen LogP contribution in [0.5, 0.6) is 0 Å². The zero-order valence-electron chi connectivity index (χ0n) is 7.78. The first kappa shape index (κ1) is 11.2. The predicted molar refractivity (Wildman–Crippen MR) is 46.6 cm³/mol. The summed E-state index contributed by atoms with van der Waals surface area (Å²) in [4.78, 5) is 11.0. The van der Waals surface area contributed by atoms with Crippen molar-refractivity contribution in [1.82, 2.24) is 0 Å². The molecule has 0 bridgehead atoms. The average Bonchev–Trinajstić information content (AvgIpc) is 2.04. The first-order chi connectivity index (χ1) is 5.61. The monoisotopic (exact) mass is 172 g/mol. The van der Waals surface area contributed by atoms with Crippen LogP contribution in [0, 0.1) is 5.92 Å². The summed E-state index contributed by atoms with van der Waals surface area (Å²) < 4.78 is 4.56. The van der Waals surface area contributed by atoms with Crippen LogP contribution in [-0.4, -0.2) is 24.3 Å². The van der Waals surface area contributed by atoms with Crippen LogP contribution in [0.1, 0.15) is 20.3 Å². The molecule has 0 radical (unpaired) electrons. The molecule has 3 heteroatoms. The molecule has 0 amide bonds. The summed E-state index contributed by atoms with van der Waals surface area (Å²) >= 11 is 0. The SMILES string of the molecule is CC[C@@H](C=C[C@@H](C)O)C(=O)OC. The van der Waals surface area contributed by atoms with Crippen LogP contribution in [-0.2, 0) is 9.53 Å².